The highest BCUT2D eigenvalue weighted by atomic mass is 19.4. The van der Waals surface area contributed by atoms with Crippen molar-refractivity contribution in [1.82, 2.24) is 10.3 Å². The van der Waals surface area contributed by atoms with Gasteiger partial charge >= 0.3 is 12.2 Å². The molecule has 166 valence electrons. The smallest absolute Gasteiger partial charge is 0.355 e. The number of nitrogens with one attached hydrogen (secondary N) is 3. The molecule has 0 aliphatic carbocycles. The van der Waals surface area contributed by atoms with Crippen molar-refractivity contribution in [2.24, 2.45) is 5.92 Å². The Kier molecular flexibility index (Phi) is 6.98. The van der Waals surface area contributed by atoms with Crippen LogP contribution in [-0.2, 0) is 11.0 Å². The molecule has 3 amide bonds. The Morgan fingerprint density at radius 3 is 2.61 bits per heavy atom. The standard InChI is InChI=1S/C21H24F3N5O2/c1-2-25-20(31)28-16-8-3-7-15(12-16)27-19(30)14-6-5-11-29(13-14)18-17(21(22,23)24)9-4-10-26-18/h3-4,7-10,12,14H,2,5-6,11,13H2,1H3,(H,27,30)(H2,25,28,31). The van der Waals surface area contributed by atoms with E-state index in [0.717, 1.165) is 6.07 Å². The molecule has 1 unspecified atom stereocenters. The summed E-state index contributed by atoms with van der Waals surface area (Å²) in [5, 5.41) is 8.07. The summed E-state index contributed by atoms with van der Waals surface area (Å²) in [7, 11) is 0. The molecular weight excluding hydrogens is 411 g/mol. The number of hydrogen-bond donors (Lipinski definition) is 3. The summed E-state index contributed by atoms with van der Waals surface area (Å²) in [6.45, 7) is 2.82. The molecule has 7 nitrogen and oxygen atoms in total. The van der Waals surface area contributed by atoms with Crippen molar-refractivity contribution in [3.63, 3.8) is 0 Å². The molecule has 1 aliphatic heterocycles. The third-order valence-corrected chi connectivity index (χ3v) is 4.91. The number of benzene rings is 1. The second-order valence-corrected chi connectivity index (χ2v) is 7.21. The van der Waals surface area contributed by atoms with E-state index in [-0.39, 0.29) is 24.3 Å². The van der Waals surface area contributed by atoms with Crippen molar-refractivity contribution in [2.75, 3.05) is 35.2 Å². The summed E-state index contributed by atoms with van der Waals surface area (Å²) in [5.74, 6) is -0.929. The molecule has 0 radical (unpaired) electrons. The fourth-order valence-corrected chi connectivity index (χ4v) is 3.51. The first-order valence-corrected chi connectivity index (χ1v) is 10.0. The topological polar surface area (TPSA) is 86.4 Å². The Balaban J connectivity index is 1.68. The summed E-state index contributed by atoms with van der Waals surface area (Å²) in [6, 6.07) is 8.57. The van der Waals surface area contributed by atoms with Crippen LogP contribution in [0.4, 0.5) is 35.2 Å². The maximum Gasteiger partial charge on any atom is 0.419 e. The van der Waals surface area contributed by atoms with Gasteiger partial charge in [0.25, 0.3) is 0 Å². The summed E-state index contributed by atoms with van der Waals surface area (Å²) in [4.78, 5) is 29.9. The average molecular weight is 435 g/mol. The Bertz CT molecular complexity index is 935. The predicted molar refractivity (Wildman–Crippen MR) is 112 cm³/mol. The van der Waals surface area contributed by atoms with Crippen molar-refractivity contribution in [2.45, 2.75) is 25.9 Å². The predicted octanol–water partition coefficient (Wildman–Crippen LogP) is 4.10. The van der Waals surface area contributed by atoms with Gasteiger partial charge in [0.2, 0.25) is 5.91 Å². The van der Waals surface area contributed by atoms with Crippen molar-refractivity contribution >= 4 is 29.1 Å². The number of carbonyl (C=O) groups excluding carboxylic acids is 2. The SMILES string of the molecule is CCNC(=O)Nc1cccc(NC(=O)C2CCCN(c3ncccc3C(F)(F)F)C2)c1. The molecule has 1 aliphatic rings. The third-order valence-electron chi connectivity index (χ3n) is 4.91. The minimum Gasteiger partial charge on any atom is -0.355 e. The van der Waals surface area contributed by atoms with Crippen LogP contribution in [0.2, 0.25) is 0 Å². The molecule has 1 atom stereocenters. The molecule has 10 heteroatoms. The Labute approximate surface area is 178 Å². The van der Waals surface area contributed by atoms with Gasteiger partial charge in [0.05, 0.1) is 11.5 Å². The maximum atomic E-state index is 13.3. The lowest BCUT2D eigenvalue weighted by atomic mass is 9.96. The number of amides is 3. The number of hydrogen-bond acceptors (Lipinski definition) is 4. The Hall–Kier alpha value is -3.30. The van der Waals surface area contributed by atoms with Crippen LogP contribution in [0.5, 0.6) is 0 Å². The number of halogens is 3. The molecular formula is C21H24F3N5O2. The number of nitrogens with zero attached hydrogens (tertiary/aromatic N) is 2. The molecule has 1 saturated heterocycles. The minimum atomic E-state index is -4.52. The van der Waals surface area contributed by atoms with Crippen LogP contribution in [-0.4, -0.2) is 36.6 Å². The maximum absolute atomic E-state index is 13.3. The second-order valence-electron chi connectivity index (χ2n) is 7.21. The van der Waals surface area contributed by atoms with Crippen molar-refractivity contribution in [1.29, 1.82) is 0 Å². The zero-order chi connectivity index (χ0) is 22.4. The molecule has 3 rings (SSSR count). The van der Waals surface area contributed by atoms with Gasteiger partial charge in [-0.3, -0.25) is 4.79 Å². The number of pyridine rings is 1. The normalized spacial score (nSPS) is 16.5. The van der Waals surface area contributed by atoms with E-state index in [9.17, 15) is 22.8 Å². The first kappa shape index (κ1) is 22.4. The highest BCUT2D eigenvalue weighted by Crippen LogP contribution is 2.36. The second kappa shape index (κ2) is 9.67. The minimum absolute atomic E-state index is 0.142. The Morgan fingerprint density at radius 1 is 1.16 bits per heavy atom. The van der Waals surface area contributed by atoms with Gasteiger partial charge in [-0.25, -0.2) is 9.78 Å². The molecule has 31 heavy (non-hydrogen) atoms. The number of anilines is 3. The van der Waals surface area contributed by atoms with Crippen LogP contribution in [0.1, 0.15) is 25.3 Å². The molecule has 3 N–H and O–H groups in total. The van der Waals surface area contributed by atoms with E-state index in [2.05, 4.69) is 20.9 Å². The zero-order valence-electron chi connectivity index (χ0n) is 17.0. The van der Waals surface area contributed by atoms with Crippen molar-refractivity contribution in [3.8, 4) is 0 Å². The van der Waals surface area contributed by atoms with Gasteiger partial charge in [0.15, 0.2) is 0 Å². The number of piperidine rings is 1. The fraction of sp³-hybridized carbons (Fsp3) is 0.381. The Morgan fingerprint density at radius 2 is 1.90 bits per heavy atom. The number of aromatic nitrogens is 1. The van der Waals surface area contributed by atoms with Gasteiger partial charge in [-0.2, -0.15) is 13.2 Å². The molecule has 1 aromatic heterocycles. The van der Waals surface area contributed by atoms with Crippen LogP contribution >= 0.6 is 0 Å². The van der Waals surface area contributed by atoms with Crippen molar-refractivity contribution < 1.29 is 22.8 Å². The van der Waals surface area contributed by atoms with Gasteiger partial charge in [0, 0.05) is 37.2 Å². The van der Waals surface area contributed by atoms with E-state index in [0.29, 0.717) is 37.3 Å². The van der Waals surface area contributed by atoms with Gasteiger partial charge in [-0.15, -0.1) is 0 Å². The van der Waals surface area contributed by atoms with Crippen LogP contribution in [0.3, 0.4) is 0 Å². The van der Waals surface area contributed by atoms with E-state index >= 15 is 0 Å². The lowest BCUT2D eigenvalue weighted by Crippen LogP contribution is -2.42. The monoisotopic (exact) mass is 435 g/mol. The van der Waals surface area contributed by atoms with E-state index in [1.807, 2.05) is 0 Å². The molecule has 1 aromatic carbocycles. The zero-order valence-corrected chi connectivity index (χ0v) is 17.0. The molecule has 2 aromatic rings. The van der Waals surface area contributed by atoms with Gasteiger partial charge < -0.3 is 20.9 Å². The highest BCUT2D eigenvalue weighted by molar-refractivity contribution is 5.95. The summed E-state index contributed by atoms with van der Waals surface area (Å²) < 4.78 is 40.0. The molecule has 1 fully saturated rings. The quantitative estimate of drug-likeness (QED) is 0.660. The van der Waals surface area contributed by atoms with Gasteiger partial charge in [0.1, 0.15) is 5.82 Å². The summed E-state index contributed by atoms with van der Waals surface area (Å²) in [6.07, 6.45) is -2.06. The van der Waals surface area contributed by atoms with E-state index in [1.165, 1.54) is 17.2 Å². The molecule has 0 saturated carbocycles. The summed E-state index contributed by atoms with van der Waals surface area (Å²) in [5.41, 5.74) is 0.197. The summed E-state index contributed by atoms with van der Waals surface area (Å²) >= 11 is 0. The van der Waals surface area contributed by atoms with E-state index in [1.54, 1.807) is 31.2 Å². The number of alkyl halides is 3. The van der Waals surface area contributed by atoms with Gasteiger partial charge in [-0.1, -0.05) is 6.07 Å². The largest absolute Gasteiger partial charge is 0.419 e. The fourth-order valence-electron chi connectivity index (χ4n) is 3.51. The number of urea groups is 1. The highest BCUT2D eigenvalue weighted by Gasteiger charge is 2.37. The third kappa shape index (κ3) is 5.87. The van der Waals surface area contributed by atoms with Crippen molar-refractivity contribution in [3.05, 3.63) is 48.2 Å². The molecule has 0 bridgehead atoms. The first-order chi connectivity index (χ1) is 14.8. The number of rotatable bonds is 5. The molecule has 0 spiro atoms. The van der Waals surface area contributed by atoms with Crippen LogP contribution in [0.25, 0.3) is 0 Å². The van der Waals surface area contributed by atoms with Crippen LogP contribution in [0.15, 0.2) is 42.6 Å². The average Bonchev–Trinajstić information content (AvgIpc) is 2.73. The lowest BCUT2D eigenvalue weighted by Gasteiger charge is -2.34. The van der Waals surface area contributed by atoms with Crippen LogP contribution < -0.4 is 20.9 Å². The lowest BCUT2D eigenvalue weighted by molar-refractivity contribution is -0.137. The van der Waals surface area contributed by atoms with Gasteiger partial charge in [-0.05, 0) is 50.1 Å². The molecule has 2 heterocycles. The first-order valence-electron chi connectivity index (χ1n) is 10.0. The van der Waals surface area contributed by atoms with E-state index < -0.39 is 17.7 Å². The van der Waals surface area contributed by atoms with Crippen LogP contribution in [0, 0.1) is 5.92 Å². The number of carbonyl (C=O) groups is 2. The van der Waals surface area contributed by atoms with E-state index in [4.69, 9.17) is 0 Å².